The largest absolute Gasteiger partial charge is 0.237 e. The summed E-state index contributed by atoms with van der Waals surface area (Å²) in [7, 11) is 0. The van der Waals surface area contributed by atoms with E-state index in [4.69, 9.17) is 5.10 Å². The summed E-state index contributed by atoms with van der Waals surface area (Å²) in [5.41, 5.74) is 1.78. The predicted molar refractivity (Wildman–Crippen MR) is 80.0 cm³/mol. The van der Waals surface area contributed by atoms with Gasteiger partial charge in [0.2, 0.25) is 0 Å². The van der Waals surface area contributed by atoms with Crippen LogP contribution in [-0.2, 0) is 0 Å². The van der Waals surface area contributed by atoms with Crippen molar-refractivity contribution in [2.75, 3.05) is 0 Å². The molecule has 0 aliphatic carbocycles. The maximum atomic E-state index is 4.70. The van der Waals surface area contributed by atoms with E-state index in [0.717, 1.165) is 27.4 Å². The lowest BCUT2D eigenvalue weighted by molar-refractivity contribution is 0.867. The van der Waals surface area contributed by atoms with Crippen LogP contribution in [0.1, 0.15) is 0 Å². The molecule has 0 saturated heterocycles. The first-order valence-corrected chi connectivity index (χ1v) is 7.10. The van der Waals surface area contributed by atoms with Gasteiger partial charge in [-0.25, -0.2) is 9.97 Å². The SMILES string of the molecule is c1ccc(-n2nc(-c3cccs3)c3cccnc32)nc1. The van der Waals surface area contributed by atoms with Crippen LogP contribution >= 0.6 is 11.3 Å². The van der Waals surface area contributed by atoms with Crippen LogP contribution in [-0.4, -0.2) is 19.7 Å². The Morgan fingerprint density at radius 1 is 0.900 bits per heavy atom. The van der Waals surface area contributed by atoms with Gasteiger partial charge in [0.25, 0.3) is 0 Å². The van der Waals surface area contributed by atoms with E-state index in [1.165, 1.54) is 0 Å². The Morgan fingerprint density at radius 2 is 1.85 bits per heavy atom. The molecule has 0 spiro atoms. The summed E-state index contributed by atoms with van der Waals surface area (Å²) in [5, 5.41) is 7.80. The smallest absolute Gasteiger partial charge is 0.165 e. The zero-order valence-electron chi connectivity index (χ0n) is 10.5. The van der Waals surface area contributed by atoms with Crippen LogP contribution in [0.5, 0.6) is 0 Å². The second-order valence-corrected chi connectivity index (χ2v) is 5.25. The van der Waals surface area contributed by atoms with E-state index in [1.807, 2.05) is 36.4 Å². The van der Waals surface area contributed by atoms with Crippen LogP contribution in [0.25, 0.3) is 27.4 Å². The van der Waals surface area contributed by atoms with Crippen molar-refractivity contribution < 1.29 is 0 Å². The van der Waals surface area contributed by atoms with Crippen molar-refractivity contribution in [1.29, 1.82) is 0 Å². The number of hydrogen-bond acceptors (Lipinski definition) is 4. The molecule has 0 atom stereocenters. The Balaban J connectivity index is 2.04. The highest BCUT2D eigenvalue weighted by Crippen LogP contribution is 2.30. The number of hydrogen-bond donors (Lipinski definition) is 0. The number of nitrogens with zero attached hydrogens (tertiary/aromatic N) is 4. The third kappa shape index (κ3) is 1.71. The van der Waals surface area contributed by atoms with Crippen LogP contribution in [0.4, 0.5) is 0 Å². The third-order valence-electron chi connectivity index (χ3n) is 3.06. The molecule has 0 radical (unpaired) electrons. The Morgan fingerprint density at radius 3 is 2.65 bits per heavy atom. The van der Waals surface area contributed by atoms with E-state index in [9.17, 15) is 0 Å². The number of rotatable bonds is 2. The molecule has 0 aliphatic heterocycles. The monoisotopic (exact) mass is 278 g/mol. The fraction of sp³-hybridized carbons (Fsp3) is 0. The number of pyridine rings is 2. The molecule has 5 heteroatoms. The summed E-state index contributed by atoms with van der Waals surface area (Å²) in [6, 6.07) is 13.9. The lowest BCUT2D eigenvalue weighted by atomic mass is 10.2. The standard InChI is InChI=1S/C15H10N4S/c1-2-8-16-13(7-1)19-15-11(5-3-9-17-15)14(18-19)12-6-4-10-20-12/h1-10H. The minimum Gasteiger partial charge on any atom is -0.237 e. The van der Waals surface area contributed by atoms with E-state index in [-0.39, 0.29) is 0 Å². The van der Waals surface area contributed by atoms with E-state index in [2.05, 4.69) is 21.4 Å². The van der Waals surface area contributed by atoms with Crippen LogP contribution in [0.3, 0.4) is 0 Å². The van der Waals surface area contributed by atoms with Crippen molar-refractivity contribution in [2.45, 2.75) is 0 Å². The highest BCUT2D eigenvalue weighted by molar-refractivity contribution is 7.13. The average Bonchev–Trinajstić information content (AvgIpc) is 3.15. The van der Waals surface area contributed by atoms with Gasteiger partial charge in [-0.05, 0) is 35.7 Å². The third-order valence-corrected chi connectivity index (χ3v) is 3.94. The summed E-state index contributed by atoms with van der Waals surface area (Å²) in [6.07, 6.45) is 3.54. The molecular formula is C15H10N4S. The van der Waals surface area contributed by atoms with Gasteiger partial charge >= 0.3 is 0 Å². The first kappa shape index (κ1) is 11.3. The molecule has 4 aromatic rings. The molecule has 4 heterocycles. The van der Waals surface area contributed by atoms with Crippen molar-refractivity contribution in [1.82, 2.24) is 19.7 Å². The fourth-order valence-electron chi connectivity index (χ4n) is 2.19. The maximum Gasteiger partial charge on any atom is 0.165 e. The molecule has 20 heavy (non-hydrogen) atoms. The zero-order valence-corrected chi connectivity index (χ0v) is 11.3. The lowest BCUT2D eigenvalue weighted by Crippen LogP contribution is -1.99. The number of thiophene rings is 1. The molecule has 0 fully saturated rings. The summed E-state index contributed by atoms with van der Waals surface area (Å²) >= 11 is 1.68. The summed E-state index contributed by atoms with van der Waals surface area (Å²) in [6.45, 7) is 0. The molecular weight excluding hydrogens is 268 g/mol. The molecule has 0 bridgehead atoms. The van der Waals surface area contributed by atoms with Crippen LogP contribution < -0.4 is 0 Å². The Hall–Kier alpha value is -2.53. The Bertz CT molecular complexity index is 850. The van der Waals surface area contributed by atoms with Crippen LogP contribution in [0, 0.1) is 0 Å². The molecule has 4 nitrogen and oxygen atoms in total. The van der Waals surface area contributed by atoms with Gasteiger partial charge in [-0.2, -0.15) is 9.78 Å². The average molecular weight is 278 g/mol. The van der Waals surface area contributed by atoms with Crippen molar-refractivity contribution in [3.8, 4) is 16.4 Å². The molecule has 0 aromatic carbocycles. The summed E-state index contributed by atoms with van der Waals surface area (Å²) in [5.74, 6) is 0.777. The molecule has 0 unspecified atom stereocenters. The predicted octanol–water partition coefficient (Wildman–Crippen LogP) is 3.54. The summed E-state index contributed by atoms with van der Waals surface area (Å²) in [4.78, 5) is 9.95. The topological polar surface area (TPSA) is 43.6 Å². The van der Waals surface area contributed by atoms with E-state index >= 15 is 0 Å². The first-order chi connectivity index (χ1) is 9.93. The zero-order chi connectivity index (χ0) is 13.4. The van der Waals surface area contributed by atoms with Crippen molar-refractivity contribution in [2.24, 2.45) is 0 Å². The lowest BCUT2D eigenvalue weighted by Gasteiger charge is -1.99. The van der Waals surface area contributed by atoms with E-state index in [1.54, 1.807) is 28.4 Å². The summed E-state index contributed by atoms with van der Waals surface area (Å²) < 4.78 is 1.80. The van der Waals surface area contributed by atoms with Crippen LogP contribution in [0.15, 0.2) is 60.2 Å². The second kappa shape index (κ2) is 4.54. The van der Waals surface area contributed by atoms with Gasteiger partial charge in [-0.15, -0.1) is 11.3 Å². The minimum atomic E-state index is 0.777. The van der Waals surface area contributed by atoms with Crippen molar-refractivity contribution in [3.63, 3.8) is 0 Å². The van der Waals surface area contributed by atoms with Gasteiger partial charge < -0.3 is 0 Å². The van der Waals surface area contributed by atoms with Gasteiger partial charge in [0.15, 0.2) is 11.5 Å². The molecule has 0 saturated carbocycles. The quantitative estimate of drug-likeness (QED) is 0.563. The maximum absolute atomic E-state index is 4.70. The van der Waals surface area contributed by atoms with Crippen molar-refractivity contribution >= 4 is 22.4 Å². The van der Waals surface area contributed by atoms with E-state index in [0.29, 0.717) is 0 Å². The molecule has 4 aromatic heterocycles. The highest BCUT2D eigenvalue weighted by atomic mass is 32.1. The van der Waals surface area contributed by atoms with Gasteiger partial charge in [0, 0.05) is 17.8 Å². The number of aromatic nitrogens is 4. The number of fused-ring (bicyclic) bond motifs is 1. The fourth-order valence-corrected chi connectivity index (χ4v) is 2.91. The molecule has 0 amide bonds. The van der Waals surface area contributed by atoms with Gasteiger partial charge in [-0.1, -0.05) is 12.1 Å². The first-order valence-electron chi connectivity index (χ1n) is 6.22. The molecule has 0 aliphatic rings. The molecule has 4 rings (SSSR count). The van der Waals surface area contributed by atoms with Crippen molar-refractivity contribution in [3.05, 3.63) is 60.2 Å². The second-order valence-electron chi connectivity index (χ2n) is 4.30. The van der Waals surface area contributed by atoms with Gasteiger partial charge in [-0.3, -0.25) is 0 Å². The Kier molecular flexibility index (Phi) is 2.57. The van der Waals surface area contributed by atoms with E-state index < -0.39 is 0 Å². The molecule has 0 N–H and O–H groups in total. The molecule has 96 valence electrons. The minimum absolute atomic E-state index is 0.777. The van der Waals surface area contributed by atoms with Gasteiger partial charge in [0.1, 0.15) is 5.69 Å². The van der Waals surface area contributed by atoms with Crippen LogP contribution in [0.2, 0.25) is 0 Å². The normalized spacial score (nSPS) is 11.0. The highest BCUT2D eigenvalue weighted by Gasteiger charge is 2.15. The van der Waals surface area contributed by atoms with Gasteiger partial charge in [0.05, 0.1) is 4.88 Å². The Labute approximate surface area is 119 Å².